The molecule has 0 aromatic carbocycles. The highest BCUT2D eigenvalue weighted by molar-refractivity contribution is 5.94. The molecular formula is C13H17FN2O2. The molecular weight excluding hydrogens is 235 g/mol. The smallest absolute Gasteiger partial charge is 0.251 e. The van der Waals surface area contributed by atoms with E-state index in [-0.39, 0.29) is 11.3 Å². The zero-order valence-electron chi connectivity index (χ0n) is 10.4. The molecule has 0 saturated heterocycles. The number of hydrogen-bond acceptors (Lipinski definition) is 3. The second-order valence-electron chi connectivity index (χ2n) is 4.79. The number of carbonyl (C=O) groups excluding carboxylic acids is 1. The minimum Gasteiger partial charge on any atom is -0.385 e. The lowest BCUT2D eigenvalue weighted by molar-refractivity contribution is 0.0937. The monoisotopic (exact) mass is 252 g/mol. The van der Waals surface area contributed by atoms with E-state index in [0.29, 0.717) is 18.7 Å². The molecule has 0 aliphatic heterocycles. The van der Waals surface area contributed by atoms with Crippen molar-refractivity contribution < 1.29 is 13.9 Å². The first kappa shape index (κ1) is 13.0. The van der Waals surface area contributed by atoms with Gasteiger partial charge >= 0.3 is 0 Å². The van der Waals surface area contributed by atoms with Crippen LogP contribution in [0.1, 0.15) is 29.6 Å². The topological polar surface area (TPSA) is 51.2 Å². The van der Waals surface area contributed by atoms with E-state index in [9.17, 15) is 9.18 Å². The van der Waals surface area contributed by atoms with Crippen LogP contribution in [-0.2, 0) is 4.74 Å². The van der Waals surface area contributed by atoms with Gasteiger partial charge in [-0.15, -0.1) is 0 Å². The predicted molar refractivity (Wildman–Crippen MR) is 64.7 cm³/mol. The molecule has 0 spiro atoms. The molecule has 2 rings (SSSR count). The van der Waals surface area contributed by atoms with Crippen molar-refractivity contribution in [3.8, 4) is 0 Å². The van der Waals surface area contributed by atoms with Crippen molar-refractivity contribution in [1.82, 2.24) is 10.3 Å². The number of hydrogen-bond donors (Lipinski definition) is 1. The number of carbonyl (C=O) groups is 1. The second-order valence-corrected chi connectivity index (χ2v) is 4.79. The summed E-state index contributed by atoms with van der Waals surface area (Å²) in [5.41, 5.74) is 0.502. The van der Waals surface area contributed by atoms with Gasteiger partial charge < -0.3 is 10.1 Å². The summed E-state index contributed by atoms with van der Waals surface area (Å²) in [5.74, 6) is -0.886. The number of rotatable bonds is 6. The Bertz CT molecular complexity index is 433. The molecule has 0 bridgehead atoms. The Labute approximate surface area is 106 Å². The highest BCUT2D eigenvalue weighted by atomic mass is 19.1. The Morgan fingerprint density at radius 1 is 1.61 bits per heavy atom. The summed E-state index contributed by atoms with van der Waals surface area (Å²) in [6.45, 7) is 1.33. The molecule has 1 fully saturated rings. The van der Waals surface area contributed by atoms with Crippen LogP contribution in [0, 0.1) is 11.4 Å². The van der Waals surface area contributed by atoms with E-state index in [1.165, 1.54) is 12.3 Å². The number of methoxy groups -OCH3 is 1. The lowest BCUT2D eigenvalue weighted by Gasteiger charge is -2.15. The molecule has 0 radical (unpaired) electrons. The van der Waals surface area contributed by atoms with Gasteiger partial charge in [0.1, 0.15) is 0 Å². The van der Waals surface area contributed by atoms with Crippen molar-refractivity contribution in [2.45, 2.75) is 19.3 Å². The Morgan fingerprint density at radius 3 is 3.00 bits per heavy atom. The van der Waals surface area contributed by atoms with Crippen molar-refractivity contribution >= 4 is 5.91 Å². The first-order valence-corrected chi connectivity index (χ1v) is 6.04. The SMILES string of the molecule is COCCC1(CNC(=O)c2ccnc(F)c2)CC1. The highest BCUT2D eigenvalue weighted by Gasteiger charge is 2.42. The van der Waals surface area contributed by atoms with E-state index >= 15 is 0 Å². The molecule has 0 atom stereocenters. The third-order valence-corrected chi connectivity index (χ3v) is 3.41. The number of aromatic nitrogens is 1. The maximum absolute atomic E-state index is 12.9. The summed E-state index contributed by atoms with van der Waals surface area (Å²) in [4.78, 5) is 15.2. The summed E-state index contributed by atoms with van der Waals surface area (Å²) >= 11 is 0. The minimum atomic E-state index is -0.636. The normalized spacial score (nSPS) is 16.3. The largest absolute Gasteiger partial charge is 0.385 e. The first-order valence-electron chi connectivity index (χ1n) is 6.04. The van der Waals surface area contributed by atoms with E-state index in [1.54, 1.807) is 7.11 Å². The van der Waals surface area contributed by atoms with Gasteiger partial charge in [-0.05, 0) is 30.7 Å². The highest BCUT2D eigenvalue weighted by Crippen LogP contribution is 2.48. The Kier molecular flexibility index (Phi) is 3.91. The molecule has 18 heavy (non-hydrogen) atoms. The fourth-order valence-electron chi connectivity index (χ4n) is 1.92. The molecule has 1 N–H and O–H groups in total. The number of nitrogens with one attached hydrogen (secondary N) is 1. The van der Waals surface area contributed by atoms with Crippen LogP contribution in [0.5, 0.6) is 0 Å². The predicted octanol–water partition coefficient (Wildman–Crippen LogP) is 1.77. The molecule has 1 saturated carbocycles. The number of nitrogens with zero attached hydrogens (tertiary/aromatic N) is 1. The van der Waals surface area contributed by atoms with Crippen LogP contribution in [0.15, 0.2) is 18.3 Å². The zero-order valence-corrected chi connectivity index (χ0v) is 10.4. The summed E-state index contributed by atoms with van der Waals surface area (Å²) in [5, 5.41) is 2.85. The van der Waals surface area contributed by atoms with Gasteiger partial charge in [0.25, 0.3) is 5.91 Å². The fourth-order valence-corrected chi connectivity index (χ4v) is 1.92. The molecule has 4 nitrogen and oxygen atoms in total. The third-order valence-electron chi connectivity index (χ3n) is 3.41. The fraction of sp³-hybridized carbons (Fsp3) is 0.538. The molecule has 98 valence electrons. The average Bonchev–Trinajstić information content (AvgIpc) is 3.14. The molecule has 1 heterocycles. The van der Waals surface area contributed by atoms with E-state index in [0.717, 1.165) is 25.3 Å². The maximum Gasteiger partial charge on any atom is 0.251 e. The average molecular weight is 252 g/mol. The quantitative estimate of drug-likeness (QED) is 0.785. The molecule has 0 unspecified atom stereocenters. The van der Waals surface area contributed by atoms with E-state index in [1.807, 2.05) is 0 Å². The van der Waals surface area contributed by atoms with Crippen molar-refractivity contribution in [2.24, 2.45) is 5.41 Å². The van der Waals surface area contributed by atoms with Gasteiger partial charge in [0.2, 0.25) is 5.95 Å². The van der Waals surface area contributed by atoms with E-state index in [4.69, 9.17) is 4.74 Å². The Balaban J connectivity index is 1.85. The summed E-state index contributed by atoms with van der Waals surface area (Å²) in [6.07, 6.45) is 4.47. The number of pyridine rings is 1. The zero-order chi connectivity index (χ0) is 13.0. The molecule has 1 amide bonds. The van der Waals surface area contributed by atoms with Crippen molar-refractivity contribution in [3.63, 3.8) is 0 Å². The van der Waals surface area contributed by atoms with E-state index < -0.39 is 5.95 Å². The van der Waals surface area contributed by atoms with Crippen LogP contribution in [0.4, 0.5) is 4.39 Å². The van der Waals surface area contributed by atoms with Crippen LogP contribution in [0.25, 0.3) is 0 Å². The van der Waals surface area contributed by atoms with Crippen LogP contribution < -0.4 is 5.32 Å². The van der Waals surface area contributed by atoms with Gasteiger partial charge in [0, 0.05) is 38.1 Å². The van der Waals surface area contributed by atoms with Gasteiger partial charge in [-0.2, -0.15) is 4.39 Å². The van der Waals surface area contributed by atoms with Crippen molar-refractivity contribution in [2.75, 3.05) is 20.3 Å². The van der Waals surface area contributed by atoms with Gasteiger partial charge in [0.05, 0.1) is 0 Å². The Hall–Kier alpha value is -1.49. The van der Waals surface area contributed by atoms with E-state index in [2.05, 4.69) is 10.3 Å². The standard InChI is InChI=1S/C13H17FN2O2/c1-18-7-5-13(3-4-13)9-16-12(17)10-2-6-15-11(14)8-10/h2,6,8H,3-5,7,9H2,1H3,(H,16,17). The number of ether oxygens (including phenoxy) is 1. The molecule has 1 aliphatic carbocycles. The summed E-state index contributed by atoms with van der Waals surface area (Å²) in [7, 11) is 1.68. The van der Waals surface area contributed by atoms with Crippen LogP contribution in [0.3, 0.4) is 0 Å². The van der Waals surface area contributed by atoms with Crippen LogP contribution in [0.2, 0.25) is 0 Å². The molecule has 1 aromatic heterocycles. The lowest BCUT2D eigenvalue weighted by atomic mass is 10.0. The number of halogens is 1. The maximum atomic E-state index is 12.9. The second kappa shape index (κ2) is 5.44. The lowest BCUT2D eigenvalue weighted by Crippen LogP contribution is -2.30. The van der Waals surface area contributed by atoms with Gasteiger partial charge in [-0.3, -0.25) is 4.79 Å². The van der Waals surface area contributed by atoms with Crippen molar-refractivity contribution in [3.05, 3.63) is 29.8 Å². The van der Waals surface area contributed by atoms with Crippen LogP contribution in [-0.4, -0.2) is 31.2 Å². The summed E-state index contributed by atoms with van der Waals surface area (Å²) < 4.78 is 17.9. The molecule has 5 heteroatoms. The first-order chi connectivity index (χ1) is 8.65. The van der Waals surface area contributed by atoms with Gasteiger partial charge in [0.15, 0.2) is 0 Å². The molecule has 1 aliphatic rings. The van der Waals surface area contributed by atoms with Gasteiger partial charge in [-0.1, -0.05) is 0 Å². The van der Waals surface area contributed by atoms with Crippen molar-refractivity contribution in [1.29, 1.82) is 0 Å². The Morgan fingerprint density at radius 2 is 2.39 bits per heavy atom. The third kappa shape index (κ3) is 3.26. The number of amides is 1. The summed E-state index contributed by atoms with van der Waals surface area (Å²) in [6, 6.07) is 2.65. The minimum absolute atomic E-state index is 0.192. The molecule has 1 aromatic rings. The van der Waals surface area contributed by atoms with Crippen LogP contribution >= 0.6 is 0 Å². The van der Waals surface area contributed by atoms with Gasteiger partial charge in [-0.25, -0.2) is 4.98 Å².